The van der Waals surface area contributed by atoms with Crippen molar-refractivity contribution in [2.45, 2.75) is 13.3 Å². The van der Waals surface area contributed by atoms with Crippen LogP contribution in [0.5, 0.6) is 0 Å². The number of amides is 1. The molecule has 1 aliphatic heterocycles. The summed E-state index contributed by atoms with van der Waals surface area (Å²) in [6.45, 7) is 1.90. The van der Waals surface area contributed by atoms with E-state index in [4.69, 9.17) is 0 Å². The molecule has 4 nitrogen and oxygen atoms in total. The lowest BCUT2D eigenvalue weighted by molar-refractivity contribution is -0.117. The quantitative estimate of drug-likeness (QED) is 0.669. The molecule has 0 spiro atoms. The number of nitrogens with zero attached hydrogens (tertiary/aromatic N) is 1. The molecular weight excluding hydrogens is 206 g/mol. The van der Waals surface area contributed by atoms with E-state index < -0.39 is 0 Å². The van der Waals surface area contributed by atoms with Crippen molar-refractivity contribution >= 4 is 17.6 Å². The number of anilines is 1. The van der Waals surface area contributed by atoms with Crippen LogP contribution in [0.3, 0.4) is 0 Å². The van der Waals surface area contributed by atoms with Gasteiger partial charge in [0, 0.05) is 12.7 Å². The molecule has 0 saturated carbocycles. The first-order chi connectivity index (χ1) is 7.54. The van der Waals surface area contributed by atoms with Gasteiger partial charge in [-0.25, -0.2) is 4.79 Å². The minimum atomic E-state index is -0.376. The molecule has 0 saturated heterocycles. The Morgan fingerprint density at radius 3 is 2.75 bits per heavy atom. The van der Waals surface area contributed by atoms with Crippen molar-refractivity contribution in [3.63, 3.8) is 0 Å². The standard InChI is InChI=1S/C12H13NO3/c1-7-4-8(12(15)16-3)5-10-9(7)6-11(14)13(10)2/h4-5H,6H2,1-3H3. The lowest BCUT2D eigenvalue weighted by atomic mass is 10.0. The van der Waals surface area contributed by atoms with Gasteiger partial charge in [-0.2, -0.15) is 0 Å². The molecule has 16 heavy (non-hydrogen) atoms. The molecular formula is C12H13NO3. The fraction of sp³-hybridized carbons (Fsp3) is 0.333. The summed E-state index contributed by atoms with van der Waals surface area (Å²) >= 11 is 0. The summed E-state index contributed by atoms with van der Waals surface area (Å²) < 4.78 is 4.67. The summed E-state index contributed by atoms with van der Waals surface area (Å²) in [7, 11) is 3.06. The largest absolute Gasteiger partial charge is 0.465 e. The number of esters is 1. The maximum absolute atomic E-state index is 11.5. The molecule has 0 bridgehead atoms. The van der Waals surface area contributed by atoms with Crippen LogP contribution in [0.15, 0.2) is 12.1 Å². The van der Waals surface area contributed by atoms with Crippen LogP contribution in [0, 0.1) is 6.92 Å². The van der Waals surface area contributed by atoms with E-state index >= 15 is 0 Å². The van der Waals surface area contributed by atoms with Crippen molar-refractivity contribution in [1.82, 2.24) is 0 Å². The topological polar surface area (TPSA) is 46.6 Å². The zero-order chi connectivity index (χ0) is 11.9. The van der Waals surface area contributed by atoms with E-state index in [0.717, 1.165) is 16.8 Å². The molecule has 0 aromatic heterocycles. The Labute approximate surface area is 93.8 Å². The molecule has 0 atom stereocenters. The lowest BCUT2D eigenvalue weighted by Gasteiger charge is -2.12. The predicted octanol–water partition coefficient (Wildman–Crippen LogP) is 1.30. The maximum Gasteiger partial charge on any atom is 0.337 e. The first-order valence-corrected chi connectivity index (χ1v) is 5.03. The summed E-state index contributed by atoms with van der Waals surface area (Å²) in [6, 6.07) is 3.47. The van der Waals surface area contributed by atoms with E-state index in [-0.39, 0.29) is 11.9 Å². The van der Waals surface area contributed by atoms with Crippen LogP contribution in [-0.2, 0) is 16.0 Å². The van der Waals surface area contributed by atoms with Gasteiger partial charge in [0.2, 0.25) is 5.91 Å². The average molecular weight is 219 g/mol. The summed E-state index contributed by atoms with van der Waals surface area (Å²) in [5.74, 6) is -0.321. The summed E-state index contributed by atoms with van der Waals surface area (Å²) in [5, 5.41) is 0. The minimum Gasteiger partial charge on any atom is -0.465 e. The highest BCUT2D eigenvalue weighted by Gasteiger charge is 2.26. The Kier molecular flexibility index (Phi) is 2.42. The third-order valence-electron chi connectivity index (χ3n) is 2.93. The fourth-order valence-corrected chi connectivity index (χ4v) is 1.97. The molecule has 0 unspecified atom stereocenters. The van der Waals surface area contributed by atoms with Crippen molar-refractivity contribution in [2.75, 3.05) is 19.1 Å². The molecule has 1 aromatic rings. The number of benzene rings is 1. The number of hydrogen-bond acceptors (Lipinski definition) is 3. The highest BCUT2D eigenvalue weighted by molar-refractivity contribution is 6.03. The van der Waals surface area contributed by atoms with Crippen molar-refractivity contribution in [3.05, 3.63) is 28.8 Å². The van der Waals surface area contributed by atoms with E-state index in [1.807, 2.05) is 6.92 Å². The molecule has 0 fully saturated rings. The smallest absolute Gasteiger partial charge is 0.337 e. The number of likely N-dealkylation sites (N-methyl/N-ethyl adjacent to an activating group) is 1. The molecule has 2 rings (SSSR count). The van der Waals surface area contributed by atoms with Gasteiger partial charge in [0.25, 0.3) is 0 Å². The molecule has 1 amide bonds. The number of aryl methyl sites for hydroxylation is 1. The van der Waals surface area contributed by atoms with Crippen LogP contribution < -0.4 is 4.90 Å². The lowest BCUT2D eigenvalue weighted by Crippen LogP contribution is -2.20. The van der Waals surface area contributed by atoms with Crippen molar-refractivity contribution in [3.8, 4) is 0 Å². The molecule has 84 valence electrons. The van der Waals surface area contributed by atoms with Gasteiger partial charge in [0.05, 0.1) is 19.1 Å². The Bertz CT molecular complexity index is 479. The number of carbonyl (C=O) groups excluding carboxylic acids is 2. The summed E-state index contributed by atoms with van der Waals surface area (Å²) in [6.07, 6.45) is 0.416. The molecule has 0 radical (unpaired) electrons. The zero-order valence-electron chi connectivity index (χ0n) is 9.53. The Morgan fingerprint density at radius 2 is 2.12 bits per heavy atom. The number of ether oxygens (including phenoxy) is 1. The van der Waals surface area contributed by atoms with Crippen LogP contribution in [0.4, 0.5) is 5.69 Å². The van der Waals surface area contributed by atoms with Gasteiger partial charge < -0.3 is 9.64 Å². The Morgan fingerprint density at radius 1 is 1.44 bits per heavy atom. The molecule has 0 N–H and O–H groups in total. The molecule has 4 heteroatoms. The predicted molar refractivity (Wildman–Crippen MR) is 59.6 cm³/mol. The van der Waals surface area contributed by atoms with Crippen LogP contribution >= 0.6 is 0 Å². The minimum absolute atomic E-state index is 0.0557. The Hall–Kier alpha value is -1.84. The van der Waals surface area contributed by atoms with Crippen LogP contribution in [0.1, 0.15) is 21.5 Å². The van der Waals surface area contributed by atoms with Crippen molar-refractivity contribution in [1.29, 1.82) is 0 Å². The second kappa shape index (κ2) is 3.63. The van der Waals surface area contributed by atoms with Crippen LogP contribution in [-0.4, -0.2) is 26.0 Å². The SMILES string of the molecule is COC(=O)c1cc(C)c2c(c1)N(C)C(=O)C2. The first kappa shape index (κ1) is 10.7. The van der Waals surface area contributed by atoms with Gasteiger partial charge in [-0.3, -0.25) is 4.79 Å². The number of fused-ring (bicyclic) bond motifs is 1. The zero-order valence-corrected chi connectivity index (χ0v) is 9.53. The van der Waals surface area contributed by atoms with E-state index in [1.165, 1.54) is 7.11 Å². The normalized spacial score (nSPS) is 13.9. The summed E-state index contributed by atoms with van der Waals surface area (Å²) in [4.78, 5) is 24.5. The average Bonchev–Trinajstić information content (AvgIpc) is 2.56. The number of methoxy groups -OCH3 is 1. The highest BCUT2D eigenvalue weighted by atomic mass is 16.5. The molecule has 1 heterocycles. The van der Waals surface area contributed by atoms with Gasteiger partial charge in [-0.05, 0) is 30.2 Å². The third-order valence-corrected chi connectivity index (χ3v) is 2.93. The van der Waals surface area contributed by atoms with Crippen molar-refractivity contribution in [2.24, 2.45) is 0 Å². The van der Waals surface area contributed by atoms with Crippen molar-refractivity contribution < 1.29 is 14.3 Å². The van der Waals surface area contributed by atoms with Gasteiger partial charge in [0.15, 0.2) is 0 Å². The second-order valence-electron chi connectivity index (χ2n) is 3.91. The van der Waals surface area contributed by atoms with Crippen LogP contribution in [0.2, 0.25) is 0 Å². The van der Waals surface area contributed by atoms with Crippen LogP contribution in [0.25, 0.3) is 0 Å². The van der Waals surface area contributed by atoms with Gasteiger partial charge >= 0.3 is 5.97 Å². The Balaban J connectivity index is 2.55. The van der Waals surface area contributed by atoms with Gasteiger partial charge in [0.1, 0.15) is 0 Å². The molecule has 1 aromatic carbocycles. The third kappa shape index (κ3) is 1.46. The van der Waals surface area contributed by atoms with E-state index in [1.54, 1.807) is 24.1 Å². The van der Waals surface area contributed by atoms with Gasteiger partial charge in [-0.1, -0.05) is 0 Å². The summed E-state index contributed by atoms with van der Waals surface area (Å²) in [5.41, 5.74) is 3.25. The second-order valence-corrected chi connectivity index (χ2v) is 3.91. The van der Waals surface area contributed by atoms with E-state index in [9.17, 15) is 9.59 Å². The maximum atomic E-state index is 11.5. The number of rotatable bonds is 1. The monoisotopic (exact) mass is 219 g/mol. The number of hydrogen-bond donors (Lipinski definition) is 0. The first-order valence-electron chi connectivity index (χ1n) is 5.03. The van der Waals surface area contributed by atoms with E-state index in [2.05, 4.69) is 4.74 Å². The van der Waals surface area contributed by atoms with E-state index in [0.29, 0.717) is 12.0 Å². The number of carbonyl (C=O) groups is 2. The van der Waals surface area contributed by atoms with Gasteiger partial charge in [-0.15, -0.1) is 0 Å². The fourth-order valence-electron chi connectivity index (χ4n) is 1.97. The highest BCUT2D eigenvalue weighted by Crippen LogP contribution is 2.31. The molecule has 0 aliphatic carbocycles. The molecule has 1 aliphatic rings.